The second kappa shape index (κ2) is 9.39. The van der Waals surface area contributed by atoms with E-state index < -0.39 is 11.2 Å². The predicted octanol–water partition coefficient (Wildman–Crippen LogP) is 2.85. The molecule has 140 valence electrons. The molecule has 1 aromatic carbocycles. The lowest BCUT2D eigenvalue weighted by Gasteiger charge is -2.11. The predicted molar refractivity (Wildman–Crippen MR) is 99.4 cm³/mol. The van der Waals surface area contributed by atoms with Crippen LogP contribution >= 0.6 is 23.1 Å². The van der Waals surface area contributed by atoms with Crippen molar-refractivity contribution in [1.29, 1.82) is 0 Å². The van der Waals surface area contributed by atoms with E-state index in [4.69, 9.17) is 14.2 Å². The topological polar surface area (TPSA) is 99.6 Å². The van der Waals surface area contributed by atoms with Gasteiger partial charge in [-0.2, -0.15) is 0 Å². The van der Waals surface area contributed by atoms with Crippen molar-refractivity contribution in [1.82, 2.24) is 10.2 Å². The molecule has 1 amide bonds. The number of nitrogens with one attached hydrogen (secondary N) is 1. The summed E-state index contributed by atoms with van der Waals surface area (Å²) in [6.45, 7) is 3.80. The first-order valence-electron chi connectivity index (χ1n) is 7.69. The number of hydrogen-bond acceptors (Lipinski definition) is 9. The Morgan fingerprint density at radius 1 is 1.27 bits per heavy atom. The summed E-state index contributed by atoms with van der Waals surface area (Å²) < 4.78 is 16.0. The molecular formula is C16H19N3O5S2. The van der Waals surface area contributed by atoms with Gasteiger partial charge in [0.15, 0.2) is 15.8 Å². The fraction of sp³-hybridized carbons (Fsp3) is 0.375. The van der Waals surface area contributed by atoms with Crippen molar-refractivity contribution in [3.8, 4) is 11.5 Å². The van der Waals surface area contributed by atoms with Gasteiger partial charge < -0.3 is 14.2 Å². The normalized spacial score (nSPS) is 11.5. The van der Waals surface area contributed by atoms with E-state index in [1.54, 1.807) is 32.0 Å². The first-order valence-corrected chi connectivity index (χ1v) is 9.38. The van der Waals surface area contributed by atoms with Crippen molar-refractivity contribution in [2.75, 3.05) is 26.1 Å². The molecule has 0 aliphatic carbocycles. The van der Waals surface area contributed by atoms with Gasteiger partial charge in [0.05, 0.1) is 26.4 Å². The Balaban J connectivity index is 2.07. The van der Waals surface area contributed by atoms with Crippen molar-refractivity contribution in [3.05, 3.63) is 23.8 Å². The highest BCUT2D eigenvalue weighted by Gasteiger charge is 2.20. The van der Waals surface area contributed by atoms with Crippen LogP contribution in [0.2, 0.25) is 0 Å². The van der Waals surface area contributed by atoms with Crippen molar-refractivity contribution in [3.63, 3.8) is 0 Å². The van der Waals surface area contributed by atoms with E-state index in [1.165, 1.54) is 37.3 Å². The standard InChI is InChI=1S/C16H19N3O5S2/c1-5-24-14(21)9(2)25-16-19-18-15(26-16)17-13(20)10-7-6-8-11(22-3)12(10)23-4/h6-9H,5H2,1-4H3,(H,17,18,20). The van der Waals surface area contributed by atoms with Crippen LogP contribution in [0.3, 0.4) is 0 Å². The minimum Gasteiger partial charge on any atom is -0.493 e. The summed E-state index contributed by atoms with van der Waals surface area (Å²) >= 11 is 2.40. The third-order valence-corrected chi connectivity index (χ3v) is 5.17. The van der Waals surface area contributed by atoms with Crippen LogP contribution in [0.15, 0.2) is 22.5 Å². The van der Waals surface area contributed by atoms with E-state index in [2.05, 4.69) is 15.5 Å². The van der Waals surface area contributed by atoms with Crippen molar-refractivity contribution in [2.45, 2.75) is 23.4 Å². The Morgan fingerprint density at radius 3 is 2.69 bits per heavy atom. The maximum Gasteiger partial charge on any atom is 0.319 e. The molecule has 8 nitrogen and oxygen atoms in total. The molecule has 2 rings (SSSR count). The first-order chi connectivity index (χ1) is 12.5. The summed E-state index contributed by atoms with van der Waals surface area (Å²) in [6.07, 6.45) is 0. The lowest BCUT2D eigenvalue weighted by molar-refractivity contribution is -0.142. The van der Waals surface area contributed by atoms with Gasteiger partial charge in [-0.3, -0.25) is 14.9 Å². The number of ether oxygens (including phenoxy) is 3. The molecule has 10 heteroatoms. The number of rotatable bonds is 8. The Kier molecular flexibility index (Phi) is 7.22. The van der Waals surface area contributed by atoms with Gasteiger partial charge in [0, 0.05) is 0 Å². The molecule has 1 N–H and O–H groups in total. The van der Waals surface area contributed by atoms with E-state index in [0.717, 1.165) is 0 Å². The summed E-state index contributed by atoms with van der Waals surface area (Å²) in [6, 6.07) is 5.01. The average molecular weight is 397 g/mol. The third kappa shape index (κ3) is 4.85. The Hall–Kier alpha value is -2.33. The molecule has 2 aromatic rings. The Bertz CT molecular complexity index is 781. The molecule has 0 bridgehead atoms. The van der Waals surface area contributed by atoms with Gasteiger partial charge in [0.1, 0.15) is 5.25 Å². The minimum atomic E-state index is -0.412. The zero-order valence-corrected chi connectivity index (χ0v) is 16.4. The number of thioether (sulfide) groups is 1. The Labute approximate surface area is 159 Å². The second-order valence-corrected chi connectivity index (χ2v) is 7.45. The van der Waals surface area contributed by atoms with Crippen molar-refractivity contribution >= 4 is 40.1 Å². The molecule has 1 atom stereocenters. The van der Waals surface area contributed by atoms with Crippen LogP contribution in [0.4, 0.5) is 5.13 Å². The quantitative estimate of drug-likeness (QED) is 0.412. The summed E-state index contributed by atoms with van der Waals surface area (Å²) in [4.78, 5) is 24.2. The van der Waals surface area contributed by atoms with Gasteiger partial charge in [-0.25, -0.2) is 0 Å². The molecule has 0 saturated carbocycles. The highest BCUT2D eigenvalue weighted by atomic mass is 32.2. The van der Waals surface area contributed by atoms with Crippen molar-refractivity contribution < 1.29 is 23.8 Å². The summed E-state index contributed by atoms with van der Waals surface area (Å²) in [5, 5.41) is 10.5. The maximum absolute atomic E-state index is 12.5. The van der Waals surface area contributed by atoms with E-state index in [-0.39, 0.29) is 5.97 Å². The maximum atomic E-state index is 12.5. The van der Waals surface area contributed by atoms with Crippen LogP contribution in [-0.4, -0.2) is 48.2 Å². The van der Waals surface area contributed by atoms with Crippen molar-refractivity contribution in [2.24, 2.45) is 0 Å². The van der Waals surface area contributed by atoms with Gasteiger partial charge in [-0.15, -0.1) is 10.2 Å². The number of amides is 1. The number of para-hydroxylation sites is 1. The van der Waals surface area contributed by atoms with Crippen LogP contribution in [0, 0.1) is 0 Å². The number of carbonyl (C=O) groups excluding carboxylic acids is 2. The number of anilines is 1. The number of esters is 1. The number of hydrogen-bond donors (Lipinski definition) is 1. The van der Waals surface area contributed by atoms with Gasteiger partial charge in [-0.1, -0.05) is 29.2 Å². The molecule has 0 aliphatic heterocycles. The molecule has 1 unspecified atom stereocenters. The first kappa shape index (κ1) is 20.0. The summed E-state index contributed by atoms with van der Waals surface area (Å²) in [5.41, 5.74) is 0.316. The summed E-state index contributed by atoms with van der Waals surface area (Å²) in [5.74, 6) is 0.0748. The van der Waals surface area contributed by atoms with E-state index in [9.17, 15) is 9.59 Å². The largest absolute Gasteiger partial charge is 0.493 e. The summed E-state index contributed by atoms with van der Waals surface area (Å²) in [7, 11) is 2.96. The smallest absolute Gasteiger partial charge is 0.319 e. The Morgan fingerprint density at radius 2 is 2.04 bits per heavy atom. The molecule has 0 spiro atoms. The van der Waals surface area contributed by atoms with Crippen LogP contribution in [-0.2, 0) is 9.53 Å². The van der Waals surface area contributed by atoms with Gasteiger partial charge in [0.2, 0.25) is 5.13 Å². The molecule has 1 heterocycles. The fourth-order valence-corrected chi connectivity index (χ4v) is 3.89. The number of benzene rings is 1. The highest BCUT2D eigenvalue weighted by Crippen LogP contribution is 2.33. The highest BCUT2D eigenvalue weighted by molar-refractivity contribution is 8.02. The average Bonchev–Trinajstić information content (AvgIpc) is 3.07. The SMILES string of the molecule is CCOC(=O)C(C)Sc1nnc(NC(=O)c2cccc(OC)c2OC)s1. The number of aromatic nitrogens is 2. The molecular weight excluding hydrogens is 378 g/mol. The lowest BCUT2D eigenvalue weighted by Crippen LogP contribution is -2.16. The van der Waals surface area contributed by atoms with E-state index in [1.807, 2.05) is 0 Å². The van der Waals surface area contributed by atoms with E-state index >= 15 is 0 Å². The number of carbonyl (C=O) groups is 2. The van der Waals surface area contributed by atoms with Crippen LogP contribution < -0.4 is 14.8 Å². The minimum absolute atomic E-state index is 0.316. The zero-order valence-electron chi connectivity index (χ0n) is 14.8. The molecule has 0 fully saturated rings. The molecule has 0 saturated heterocycles. The van der Waals surface area contributed by atoms with Gasteiger partial charge in [-0.05, 0) is 26.0 Å². The van der Waals surface area contributed by atoms with Crippen LogP contribution in [0.5, 0.6) is 11.5 Å². The third-order valence-electron chi connectivity index (χ3n) is 3.17. The van der Waals surface area contributed by atoms with E-state index in [0.29, 0.717) is 33.1 Å². The van der Waals surface area contributed by atoms with Crippen LogP contribution in [0.25, 0.3) is 0 Å². The zero-order chi connectivity index (χ0) is 19.1. The number of nitrogens with zero attached hydrogens (tertiary/aromatic N) is 2. The lowest BCUT2D eigenvalue weighted by atomic mass is 10.1. The van der Waals surface area contributed by atoms with Gasteiger partial charge >= 0.3 is 5.97 Å². The fourth-order valence-electron chi connectivity index (χ4n) is 2.00. The van der Waals surface area contributed by atoms with Crippen LogP contribution in [0.1, 0.15) is 24.2 Å². The molecule has 26 heavy (non-hydrogen) atoms. The monoisotopic (exact) mass is 397 g/mol. The number of methoxy groups -OCH3 is 2. The molecule has 0 radical (unpaired) electrons. The van der Waals surface area contributed by atoms with Gasteiger partial charge in [0.25, 0.3) is 5.91 Å². The second-order valence-electron chi connectivity index (χ2n) is 4.88. The molecule has 0 aliphatic rings. The molecule has 1 aromatic heterocycles.